The number of aryl methyl sites for hydroxylation is 1. The van der Waals surface area contributed by atoms with E-state index in [0.29, 0.717) is 25.1 Å². The molecule has 3 heterocycles. The number of hydrogen-bond acceptors (Lipinski definition) is 7. The first-order valence-electron chi connectivity index (χ1n) is 11.1. The van der Waals surface area contributed by atoms with Crippen LogP contribution in [0.5, 0.6) is 0 Å². The van der Waals surface area contributed by atoms with Crippen LogP contribution in [0.3, 0.4) is 0 Å². The van der Waals surface area contributed by atoms with Gasteiger partial charge in [0.15, 0.2) is 14.9 Å². The van der Waals surface area contributed by atoms with Gasteiger partial charge in [-0.05, 0) is 56.0 Å². The van der Waals surface area contributed by atoms with E-state index < -0.39 is 19.7 Å². The second-order valence-corrected chi connectivity index (χ2v) is 12.7. The molecule has 0 spiro atoms. The van der Waals surface area contributed by atoms with Crippen LogP contribution < -0.4 is 10.6 Å². The molecule has 4 rings (SSSR count). The molecule has 0 aliphatic carbocycles. The molecule has 8 nitrogen and oxygen atoms in total. The van der Waals surface area contributed by atoms with Crippen molar-refractivity contribution in [1.29, 1.82) is 0 Å². The van der Waals surface area contributed by atoms with Gasteiger partial charge in [0.25, 0.3) is 0 Å². The van der Waals surface area contributed by atoms with E-state index in [1.807, 2.05) is 12.1 Å². The average Bonchev–Trinajstić information content (AvgIpc) is 3.16. The lowest BCUT2D eigenvalue weighted by atomic mass is 10.1. The summed E-state index contributed by atoms with van der Waals surface area (Å²) in [6, 6.07) is 11.4. The van der Waals surface area contributed by atoms with E-state index in [2.05, 4.69) is 51.1 Å². The summed E-state index contributed by atoms with van der Waals surface area (Å²) < 4.78 is 48.7. The zero-order valence-electron chi connectivity index (χ0n) is 19.2. The minimum atomic E-state index is -3.32. The fourth-order valence-electron chi connectivity index (χ4n) is 4.09. The summed E-state index contributed by atoms with van der Waals surface area (Å²) in [7, 11) is -6.22. The molecule has 0 atom stereocenters. The highest BCUT2D eigenvalue weighted by Crippen LogP contribution is 2.29. The van der Waals surface area contributed by atoms with E-state index >= 15 is 0 Å². The fraction of sp³-hybridized carbons (Fsp3) is 0.375. The molecular formula is C24H28N4O4S2. The molecule has 2 N–H and O–H groups in total. The van der Waals surface area contributed by atoms with Crippen molar-refractivity contribution in [2.24, 2.45) is 0 Å². The highest BCUT2D eigenvalue weighted by atomic mass is 32.2. The molecule has 1 saturated heterocycles. The Morgan fingerprint density at radius 1 is 1.18 bits per heavy atom. The van der Waals surface area contributed by atoms with Gasteiger partial charge >= 0.3 is 0 Å². The molecule has 34 heavy (non-hydrogen) atoms. The number of pyridine rings is 1. The Morgan fingerprint density at radius 3 is 2.59 bits per heavy atom. The lowest BCUT2D eigenvalue weighted by molar-refractivity contribution is 0.559. The van der Waals surface area contributed by atoms with Crippen molar-refractivity contribution in [3.8, 4) is 11.8 Å². The smallest absolute Gasteiger partial charge is 0.192 e. The van der Waals surface area contributed by atoms with E-state index in [9.17, 15) is 16.8 Å². The zero-order valence-corrected chi connectivity index (χ0v) is 20.8. The van der Waals surface area contributed by atoms with Crippen molar-refractivity contribution in [3.05, 3.63) is 48.3 Å². The van der Waals surface area contributed by atoms with Gasteiger partial charge in [-0.15, -0.1) is 0 Å². The van der Waals surface area contributed by atoms with Crippen LogP contribution in [0.1, 0.15) is 25.5 Å². The number of nitrogens with one attached hydrogen (secondary N) is 2. The number of fused-ring (bicyclic) bond motifs is 1. The van der Waals surface area contributed by atoms with Gasteiger partial charge in [-0.25, -0.2) is 21.8 Å². The maximum atomic E-state index is 11.7. The molecular weight excluding hydrogens is 472 g/mol. The minimum absolute atomic E-state index is 0.0378. The molecule has 1 fully saturated rings. The first kappa shape index (κ1) is 24.1. The summed E-state index contributed by atoms with van der Waals surface area (Å²) in [5.74, 6) is 6.81. The van der Waals surface area contributed by atoms with Crippen LogP contribution in [0.2, 0.25) is 0 Å². The van der Waals surface area contributed by atoms with E-state index in [0.717, 1.165) is 35.1 Å². The van der Waals surface area contributed by atoms with Crippen LogP contribution in [0.15, 0.2) is 47.6 Å². The van der Waals surface area contributed by atoms with E-state index in [-0.39, 0.29) is 22.6 Å². The van der Waals surface area contributed by atoms with Gasteiger partial charge in [0.2, 0.25) is 0 Å². The van der Waals surface area contributed by atoms with Crippen molar-refractivity contribution in [2.45, 2.75) is 37.4 Å². The third-order valence-corrected chi connectivity index (χ3v) is 8.61. The van der Waals surface area contributed by atoms with Crippen molar-refractivity contribution < 1.29 is 16.8 Å². The zero-order chi connectivity index (χ0) is 24.3. The Labute approximate surface area is 200 Å². The summed E-state index contributed by atoms with van der Waals surface area (Å²) in [6.07, 6.45) is 3.84. The first-order valence-corrected chi connectivity index (χ1v) is 14.9. The SMILES string of the molecule is CCn1c(C#CCNc2ccc(S(C)(=O)=O)nc2)cc2c(NC3CCS(=O)(=O)CC3)cccc21. The number of rotatable bonds is 6. The summed E-state index contributed by atoms with van der Waals surface area (Å²) >= 11 is 0. The second-order valence-electron chi connectivity index (χ2n) is 8.40. The van der Waals surface area contributed by atoms with Crippen LogP contribution in [0.4, 0.5) is 11.4 Å². The molecule has 2 aromatic heterocycles. The van der Waals surface area contributed by atoms with Crippen molar-refractivity contribution in [3.63, 3.8) is 0 Å². The molecule has 0 saturated carbocycles. The van der Waals surface area contributed by atoms with Crippen LogP contribution in [0.25, 0.3) is 10.9 Å². The van der Waals surface area contributed by atoms with E-state index in [4.69, 9.17) is 0 Å². The number of hydrogen-bond donors (Lipinski definition) is 2. The quantitative estimate of drug-likeness (QED) is 0.501. The van der Waals surface area contributed by atoms with Crippen LogP contribution >= 0.6 is 0 Å². The van der Waals surface area contributed by atoms with Gasteiger partial charge in [-0.3, -0.25) is 0 Å². The van der Waals surface area contributed by atoms with E-state index in [1.165, 1.54) is 12.3 Å². The molecule has 10 heteroatoms. The molecule has 180 valence electrons. The Hall–Kier alpha value is -3.03. The maximum absolute atomic E-state index is 11.7. The molecule has 1 aromatic carbocycles. The lowest BCUT2D eigenvalue weighted by Crippen LogP contribution is -2.32. The van der Waals surface area contributed by atoms with Gasteiger partial charge in [0.1, 0.15) is 9.84 Å². The number of nitrogens with zero attached hydrogens (tertiary/aromatic N) is 2. The monoisotopic (exact) mass is 500 g/mol. The molecule has 0 amide bonds. The van der Waals surface area contributed by atoms with Gasteiger partial charge in [-0.2, -0.15) is 0 Å². The number of benzene rings is 1. The normalized spacial score (nSPS) is 16.1. The van der Waals surface area contributed by atoms with Crippen molar-refractivity contribution in [1.82, 2.24) is 9.55 Å². The Kier molecular flexibility index (Phi) is 6.86. The minimum Gasteiger partial charge on any atom is -0.382 e. The number of sulfone groups is 2. The third kappa shape index (κ3) is 5.54. The average molecular weight is 501 g/mol. The topological polar surface area (TPSA) is 110 Å². The van der Waals surface area contributed by atoms with Gasteiger partial charge in [0, 0.05) is 29.9 Å². The Balaban J connectivity index is 1.49. The Morgan fingerprint density at radius 2 is 1.94 bits per heavy atom. The summed E-state index contributed by atoms with van der Waals surface area (Å²) in [5, 5.41) is 7.78. The van der Waals surface area contributed by atoms with Crippen molar-refractivity contribution >= 4 is 42.0 Å². The highest BCUT2D eigenvalue weighted by molar-refractivity contribution is 7.91. The first-order chi connectivity index (χ1) is 16.2. The summed E-state index contributed by atoms with van der Waals surface area (Å²) in [6.45, 7) is 3.22. The van der Waals surface area contributed by atoms with Crippen molar-refractivity contribution in [2.75, 3.05) is 34.9 Å². The van der Waals surface area contributed by atoms with Crippen LogP contribution in [-0.2, 0) is 26.2 Å². The maximum Gasteiger partial charge on any atom is 0.192 e. The van der Waals surface area contributed by atoms with Gasteiger partial charge in [0.05, 0.1) is 41.1 Å². The Bertz CT molecular complexity index is 1450. The summed E-state index contributed by atoms with van der Waals surface area (Å²) in [5.41, 5.74) is 3.66. The summed E-state index contributed by atoms with van der Waals surface area (Å²) in [4.78, 5) is 3.97. The predicted molar refractivity (Wildman–Crippen MR) is 136 cm³/mol. The number of anilines is 2. The number of aromatic nitrogens is 2. The fourth-order valence-corrected chi connectivity index (χ4v) is 6.14. The third-order valence-electron chi connectivity index (χ3n) is 5.89. The highest BCUT2D eigenvalue weighted by Gasteiger charge is 2.24. The molecule has 1 aliphatic heterocycles. The largest absolute Gasteiger partial charge is 0.382 e. The molecule has 0 radical (unpaired) electrons. The molecule has 1 aliphatic rings. The van der Waals surface area contributed by atoms with E-state index in [1.54, 1.807) is 6.07 Å². The second kappa shape index (κ2) is 9.68. The van der Waals surface area contributed by atoms with Gasteiger partial charge < -0.3 is 15.2 Å². The molecule has 0 unspecified atom stereocenters. The van der Waals surface area contributed by atoms with Gasteiger partial charge in [-0.1, -0.05) is 12.0 Å². The molecule has 3 aromatic rings. The lowest BCUT2D eigenvalue weighted by Gasteiger charge is -2.24. The standard InChI is InChI=1S/C24H28N4O4S2/c1-3-28-20(6-5-13-25-19-9-10-24(26-17-19)33(2,29)30)16-21-22(7-4-8-23(21)28)27-18-11-14-34(31,32)15-12-18/h4,7-10,16-18,25,27H,3,11-15H2,1-2H3. The van der Waals surface area contributed by atoms with Crippen LogP contribution in [-0.4, -0.2) is 56.7 Å². The van der Waals surface area contributed by atoms with Crippen LogP contribution in [0, 0.1) is 11.8 Å². The molecule has 0 bridgehead atoms. The predicted octanol–water partition coefficient (Wildman–Crippen LogP) is 2.91.